The molecular weight excluding hydrogens is 252 g/mol. The molecule has 0 aliphatic carbocycles. The number of hydrogen-bond acceptors (Lipinski definition) is 3. The Hall–Kier alpha value is -2.00. The van der Waals surface area contributed by atoms with Gasteiger partial charge in [0.1, 0.15) is 23.9 Å². The third kappa shape index (κ3) is 3.50. The molecule has 2 aromatic carbocycles. The second kappa shape index (κ2) is 6.07. The van der Waals surface area contributed by atoms with Crippen LogP contribution >= 0.6 is 11.6 Å². The van der Waals surface area contributed by atoms with Gasteiger partial charge in [0, 0.05) is 5.02 Å². The molecule has 0 N–H and O–H groups in total. The first-order chi connectivity index (χ1) is 8.78. The topological polar surface area (TPSA) is 35.5 Å². The molecule has 2 rings (SSSR count). The van der Waals surface area contributed by atoms with Crippen molar-refractivity contribution < 1.29 is 14.3 Å². The van der Waals surface area contributed by atoms with E-state index in [1.807, 2.05) is 0 Å². The first-order valence-electron chi connectivity index (χ1n) is 5.38. The van der Waals surface area contributed by atoms with E-state index in [0.717, 1.165) is 0 Å². The molecule has 0 aromatic heterocycles. The molecule has 0 bridgehead atoms. The number of ether oxygens (including phenoxy) is 2. The molecule has 0 saturated carbocycles. The number of carbonyl (C=O) groups is 1. The van der Waals surface area contributed by atoms with Gasteiger partial charge in [0.25, 0.3) is 0 Å². The van der Waals surface area contributed by atoms with Crippen molar-refractivity contribution in [1.29, 1.82) is 0 Å². The van der Waals surface area contributed by atoms with Crippen LogP contribution in [0.25, 0.3) is 0 Å². The molecule has 2 aromatic rings. The molecule has 0 atom stereocenters. The second-order valence-electron chi connectivity index (χ2n) is 3.51. The maximum absolute atomic E-state index is 10.2. The normalized spacial score (nSPS) is 9.83. The van der Waals surface area contributed by atoms with Crippen LogP contribution in [-0.4, -0.2) is 12.9 Å². The summed E-state index contributed by atoms with van der Waals surface area (Å²) >= 11 is 5.78. The summed E-state index contributed by atoms with van der Waals surface area (Å²) in [7, 11) is 0. The maximum Gasteiger partial charge on any atom is 0.157 e. The van der Waals surface area contributed by atoms with Gasteiger partial charge in [0.05, 0.1) is 0 Å². The van der Waals surface area contributed by atoms with Gasteiger partial charge < -0.3 is 9.47 Å². The second-order valence-corrected chi connectivity index (χ2v) is 3.94. The molecule has 0 unspecified atom stereocenters. The Kier molecular flexibility index (Phi) is 4.20. The Morgan fingerprint density at radius 1 is 0.889 bits per heavy atom. The molecule has 4 heteroatoms. The van der Waals surface area contributed by atoms with Crippen molar-refractivity contribution >= 4 is 17.9 Å². The summed E-state index contributed by atoms with van der Waals surface area (Å²) < 4.78 is 10.7. The molecule has 0 amide bonds. The summed E-state index contributed by atoms with van der Waals surface area (Å²) in [5, 5.41) is 0.667. The summed E-state index contributed by atoms with van der Waals surface area (Å²) in [4.78, 5) is 10.2. The van der Waals surface area contributed by atoms with Crippen LogP contribution in [0.2, 0.25) is 5.02 Å². The fourth-order valence-corrected chi connectivity index (χ4v) is 1.50. The Balaban J connectivity index is 2.01. The lowest BCUT2D eigenvalue weighted by atomic mass is 10.3. The quantitative estimate of drug-likeness (QED) is 0.771. The van der Waals surface area contributed by atoms with Crippen molar-refractivity contribution in [2.75, 3.05) is 6.61 Å². The van der Waals surface area contributed by atoms with Crippen molar-refractivity contribution in [3.05, 3.63) is 53.6 Å². The summed E-state index contributed by atoms with van der Waals surface area (Å²) in [6.45, 7) is 0.0530. The standard InChI is InChI=1S/C14H11ClO3/c15-11-1-3-13(4-2-11)18-14-7-5-12(6-8-14)17-10-9-16/h1-9H,10H2. The van der Waals surface area contributed by atoms with Crippen LogP contribution in [0.15, 0.2) is 48.5 Å². The Morgan fingerprint density at radius 2 is 1.39 bits per heavy atom. The van der Waals surface area contributed by atoms with Crippen LogP contribution in [0.4, 0.5) is 0 Å². The minimum Gasteiger partial charge on any atom is -0.486 e. The maximum atomic E-state index is 10.2. The van der Waals surface area contributed by atoms with Gasteiger partial charge in [0.2, 0.25) is 0 Å². The van der Waals surface area contributed by atoms with E-state index in [-0.39, 0.29) is 6.61 Å². The summed E-state index contributed by atoms with van der Waals surface area (Å²) in [5.41, 5.74) is 0. The average molecular weight is 263 g/mol. The van der Waals surface area contributed by atoms with Gasteiger partial charge >= 0.3 is 0 Å². The fraction of sp³-hybridized carbons (Fsp3) is 0.0714. The molecule has 0 radical (unpaired) electrons. The number of benzene rings is 2. The molecule has 0 spiro atoms. The molecule has 0 saturated heterocycles. The highest BCUT2D eigenvalue weighted by Crippen LogP contribution is 2.24. The van der Waals surface area contributed by atoms with Crippen LogP contribution in [0.5, 0.6) is 17.2 Å². The van der Waals surface area contributed by atoms with E-state index in [0.29, 0.717) is 28.6 Å². The van der Waals surface area contributed by atoms with Gasteiger partial charge in [-0.3, -0.25) is 4.79 Å². The van der Waals surface area contributed by atoms with Crippen molar-refractivity contribution in [2.45, 2.75) is 0 Å². The van der Waals surface area contributed by atoms with Gasteiger partial charge in [0.15, 0.2) is 6.29 Å². The zero-order valence-corrected chi connectivity index (χ0v) is 10.3. The first-order valence-corrected chi connectivity index (χ1v) is 5.75. The zero-order valence-electron chi connectivity index (χ0n) is 9.51. The summed E-state index contributed by atoms with van der Waals surface area (Å²) in [6.07, 6.45) is 0.706. The lowest BCUT2D eigenvalue weighted by Crippen LogP contribution is -1.97. The monoisotopic (exact) mass is 262 g/mol. The predicted molar refractivity (Wildman–Crippen MR) is 69.5 cm³/mol. The van der Waals surface area contributed by atoms with Gasteiger partial charge in [-0.15, -0.1) is 0 Å². The molecule has 3 nitrogen and oxygen atoms in total. The smallest absolute Gasteiger partial charge is 0.157 e. The van der Waals surface area contributed by atoms with Crippen molar-refractivity contribution in [3.8, 4) is 17.2 Å². The molecule has 0 aliphatic heterocycles. The molecule has 92 valence electrons. The Labute approximate surface area is 110 Å². The van der Waals surface area contributed by atoms with Crippen LogP contribution < -0.4 is 9.47 Å². The first kappa shape index (κ1) is 12.5. The van der Waals surface area contributed by atoms with Crippen LogP contribution in [0.1, 0.15) is 0 Å². The van der Waals surface area contributed by atoms with Gasteiger partial charge in [-0.1, -0.05) is 11.6 Å². The minimum absolute atomic E-state index is 0.0530. The van der Waals surface area contributed by atoms with Gasteiger partial charge in [-0.2, -0.15) is 0 Å². The van der Waals surface area contributed by atoms with E-state index in [9.17, 15) is 4.79 Å². The molecule has 18 heavy (non-hydrogen) atoms. The van der Waals surface area contributed by atoms with E-state index in [4.69, 9.17) is 21.1 Å². The SMILES string of the molecule is O=CCOc1ccc(Oc2ccc(Cl)cc2)cc1. The number of halogens is 1. The predicted octanol–water partition coefficient (Wildman–Crippen LogP) is 3.71. The third-order valence-electron chi connectivity index (χ3n) is 2.19. The Bertz CT molecular complexity index is 506. The van der Waals surface area contributed by atoms with E-state index in [1.165, 1.54) is 0 Å². The van der Waals surface area contributed by atoms with Crippen LogP contribution in [0.3, 0.4) is 0 Å². The number of aldehydes is 1. The van der Waals surface area contributed by atoms with Crippen LogP contribution in [-0.2, 0) is 4.79 Å². The average Bonchev–Trinajstić information content (AvgIpc) is 2.41. The number of carbonyl (C=O) groups excluding carboxylic acids is 1. The third-order valence-corrected chi connectivity index (χ3v) is 2.44. The molecule has 0 aliphatic rings. The molecule has 0 heterocycles. The summed E-state index contributed by atoms with van der Waals surface area (Å²) in [6, 6.07) is 14.1. The highest BCUT2D eigenvalue weighted by Gasteiger charge is 1.98. The summed E-state index contributed by atoms with van der Waals surface area (Å²) in [5.74, 6) is 2.03. The van der Waals surface area contributed by atoms with E-state index < -0.39 is 0 Å². The Morgan fingerprint density at radius 3 is 1.94 bits per heavy atom. The lowest BCUT2D eigenvalue weighted by Gasteiger charge is -2.07. The van der Waals surface area contributed by atoms with Crippen molar-refractivity contribution in [1.82, 2.24) is 0 Å². The lowest BCUT2D eigenvalue weighted by molar-refractivity contribution is -0.109. The molecule has 0 fully saturated rings. The fourth-order valence-electron chi connectivity index (χ4n) is 1.37. The number of rotatable bonds is 5. The van der Waals surface area contributed by atoms with E-state index in [2.05, 4.69) is 0 Å². The highest BCUT2D eigenvalue weighted by atomic mass is 35.5. The largest absolute Gasteiger partial charge is 0.486 e. The van der Waals surface area contributed by atoms with E-state index in [1.54, 1.807) is 48.5 Å². The zero-order chi connectivity index (χ0) is 12.8. The highest BCUT2D eigenvalue weighted by molar-refractivity contribution is 6.30. The van der Waals surface area contributed by atoms with Gasteiger partial charge in [-0.25, -0.2) is 0 Å². The van der Waals surface area contributed by atoms with E-state index >= 15 is 0 Å². The van der Waals surface area contributed by atoms with Crippen molar-refractivity contribution in [2.24, 2.45) is 0 Å². The molecular formula is C14H11ClO3. The number of hydrogen-bond donors (Lipinski definition) is 0. The van der Waals surface area contributed by atoms with Gasteiger partial charge in [-0.05, 0) is 48.5 Å². The van der Waals surface area contributed by atoms with Crippen molar-refractivity contribution in [3.63, 3.8) is 0 Å². The van der Waals surface area contributed by atoms with Crippen LogP contribution in [0, 0.1) is 0 Å². The minimum atomic E-state index is 0.0530.